The Kier molecular flexibility index (Phi) is 4.75. The summed E-state index contributed by atoms with van der Waals surface area (Å²) in [7, 11) is 1.47. The number of nitrogens with one attached hydrogen (secondary N) is 1. The maximum Gasteiger partial charge on any atom is 0.285 e. The van der Waals surface area contributed by atoms with Gasteiger partial charge in [0.1, 0.15) is 11.8 Å². The highest BCUT2D eigenvalue weighted by atomic mass is 16.6. The molecule has 8 heteroatoms. The van der Waals surface area contributed by atoms with Crippen LogP contribution in [0.3, 0.4) is 0 Å². The molecule has 0 aliphatic heterocycles. The van der Waals surface area contributed by atoms with Gasteiger partial charge in [0.15, 0.2) is 0 Å². The summed E-state index contributed by atoms with van der Waals surface area (Å²) >= 11 is 0. The smallest absolute Gasteiger partial charge is 0.285 e. The van der Waals surface area contributed by atoms with Crippen LogP contribution in [-0.2, 0) is 4.79 Å². The SMILES string of the molecule is COc1ccccc1NC(=O)C(C)n1cc([N+](=O)[O-])ccc1=O. The highest BCUT2D eigenvalue weighted by Gasteiger charge is 2.19. The Hall–Kier alpha value is -3.16. The van der Waals surface area contributed by atoms with E-state index in [1.165, 1.54) is 14.0 Å². The molecule has 1 aromatic carbocycles. The first-order valence-electron chi connectivity index (χ1n) is 6.74. The number of benzene rings is 1. The first-order valence-corrected chi connectivity index (χ1v) is 6.74. The minimum Gasteiger partial charge on any atom is -0.495 e. The van der Waals surface area contributed by atoms with E-state index in [-0.39, 0.29) is 5.69 Å². The number of amides is 1. The number of carbonyl (C=O) groups excluding carboxylic acids is 1. The first kappa shape index (κ1) is 16.2. The lowest BCUT2D eigenvalue weighted by atomic mass is 10.2. The third-order valence-corrected chi connectivity index (χ3v) is 3.29. The van der Waals surface area contributed by atoms with Crippen LogP contribution in [0.1, 0.15) is 13.0 Å². The Morgan fingerprint density at radius 2 is 2.00 bits per heavy atom. The molecule has 1 amide bonds. The van der Waals surface area contributed by atoms with Gasteiger partial charge in [-0.25, -0.2) is 0 Å². The summed E-state index contributed by atoms with van der Waals surface area (Å²) in [5.41, 5.74) is -0.315. The topological polar surface area (TPSA) is 103 Å². The molecule has 0 fully saturated rings. The zero-order valence-corrected chi connectivity index (χ0v) is 12.6. The minimum atomic E-state index is -0.924. The molecule has 0 saturated carbocycles. The number of nitrogens with zero attached hydrogens (tertiary/aromatic N) is 2. The summed E-state index contributed by atoms with van der Waals surface area (Å²) in [5.74, 6) is -0.0171. The number of aromatic nitrogens is 1. The van der Waals surface area contributed by atoms with Crippen molar-refractivity contribution in [1.82, 2.24) is 4.57 Å². The molecule has 23 heavy (non-hydrogen) atoms. The molecule has 0 aliphatic carbocycles. The van der Waals surface area contributed by atoms with Crippen molar-refractivity contribution in [2.75, 3.05) is 12.4 Å². The van der Waals surface area contributed by atoms with Gasteiger partial charge >= 0.3 is 0 Å². The number of ether oxygens (including phenoxy) is 1. The Labute approximate surface area is 131 Å². The second kappa shape index (κ2) is 6.73. The van der Waals surface area contributed by atoms with Crippen molar-refractivity contribution in [1.29, 1.82) is 0 Å². The highest BCUT2D eigenvalue weighted by Crippen LogP contribution is 2.24. The fourth-order valence-corrected chi connectivity index (χ4v) is 2.01. The monoisotopic (exact) mass is 317 g/mol. The van der Waals surface area contributed by atoms with E-state index in [0.29, 0.717) is 11.4 Å². The van der Waals surface area contributed by atoms with Crippen LogP contribution in [0.25, 0.3) is 0 Å². The van der Waals surface area contributed by atoms with Gasteiger partial charge in [0.05, 0.1) is 23.9 Å². The number of hydrogen-bond acceptors (Lipinski definition) is 5. The largest absolute Gasteiger partial charge is 0.495 e. The van der Waals surface area contributed by atoms with Gasteiger partial charge in [-0.2, -0.15) is 0 Å². The molecular formula is C15H15N3O5. The summed E-state index contributed by atoms with van der Waals surface area (Å²) in [4.78, 5) is 34.3. The van der Waals surface area contributed by atoms with Gasteiger partial charge in [-0.3, -0.25) is 24.3 Å². The van der Waals surface area contributed by atoms with Crippen LogP contribution in [0.15, 0.2) is 47.4 Å². The van der Waals surface area contributed by atoms with Crippen molar-refractivity contribution < 1.29 is 14.5 Å². The summed E-state index contributed by atoms with van der Waals surface area (Å²) < 4.78 is 6.15. The van der Waals surface area contributed by atoms with Crippen molar-refractivity contribution in [2.45, 2.75) is 13.0 Å². The molecule has 120 valence electrons. The van der Waals surface area contributed by atoms with Crippen LogP contribution in [-0.4, -0.2) is 22.5 Å². The van der Waals surface area contributed by atoms with E-state index in [0.717, 1.165) is 22.9 Å². The average molecular weight is 317 g/mol. The van der Waals surface area contributed by atoms with Crippen molar-refractivity contribution in [3.8, 4) is 5.75 Å². The Morgan fingerprint density at radius 1 is 1.30 bits per heavy atom. The van der Waals surface area contributed by atoms with E-state index < -0.39 is 22.4 Å². The maximum absolute atomic E-state index is 12.3. The molecule has 1 N–H and O–H groups in total. The van der Waals surface area contributed by atoms with Crippen molar-refractivity contribution in [3.05, 3.63) is 63.1 Å². The molecule has 0 spiro atoms. The number of carbonyl (C=O) groups is 1. The number of anilines is 1. The van der Waals surface area contributed by atoms with Crippen LogP contribution in [0.4, 0.5) is 11.4 Å². The molecule has 1 aromatic heterocycles. The van der Waals surface area contributed by atoms with Crippen LogP contribution in [0.5, 0.6) is 5.75 Å². The Bertz CT molecular complexity index is 800. The summed E-state index contributed by atoms with van der Waals surface area (Å²) in [6, 6.07) is 8.05. The van der Waals surface area contributed by atoms with Gasteiger partial charge in [-0.05, 0) is 19.1 Å². The lowest BCUT2D eigenvalue weighted by molar-refractivity contribution is -0.385. The zero-order valence-electron chi connectivity index (χ0n) is 12.6. The lowest BCUT2D eigenvalue weighted by Gasteiger charge is -2.16. The molecule has 2 rings (SSSR count). The highest BCUT2D eigenvalue weighted by molar-refractivity contribution is 5.94. The van der Waals surface area contributed by atoms with Gasteiger partial charge < -0.3 is 10.1 Å². The van der Waals surface area contributed by atoms with Crippen molar-refractivity contribution >= 4 is 17.3 Å². The van der Waals surface area contributed by atoms with Gasteiger partial charge in [0.2, 0.25) is 5.91 Å². The number of hydrogen-bond donors (Lipinski definition) is 1. The van der Waals surface area contributed by atoms with E-state index in [1.54, 1.807) is 24.3 Å². The van der Waals surface area contributed by atoms with Gasteiger partial charge in [0.25, 0.3) is 11.2 Å². The van der Waals surface area contributed by atoms with Crippen LogP contribution in [0, 0.1) is 10.1 Å². The third kappa shape index (κ3) is 3.54. The molecule has 2 aromatic rings. The first-order chi connectivity index (χ1) is 10.9. The second-order valence-electron chi connectivity index (χ2n) is 4.76. The average Bonchev–Trinajstić information content (AvgIpc) is 2.54. The molecule has 0 aliphatic rings. The standard InChI is InChI=1S/C15H15N3O5/c1-10(17-9-11(18(21)22)7-8-14(17)19)15(20)16-12-5-3-4-6-13(12)23-2/h3-10H,1-2H3,(H,16,20). The van der Waals surface area contributed by atoms with Gasteiger partial charge in [-0.1, -0.05) is 12.1 Å². The van der Waals surface area contributed by atoms with E-state index >= 15 is 0 Å². The number of pyridine rings is 1. The van der Waals surface area contributed by atoms with E-state index in [9.17, 15) is 19.7 Å². The number of rotatable bonds is 5. The molecule has 1 heterocycles. The molecule has 8 nitrogen and oxygen atoms in total. The Morgan fingerprint density at radius 3 is 2.65 bits per heavy atom. The molecule has 1 unspecified atom stereocenters. The van der Waals surface area contributed by atoms with Gasteiger partial charge in [0, 0.05) is 12.1 Å². The lowest BCUT2D eigenvalue weighted by Crippen LogP contribution is -2.31. The fourth-order valence-electron chi connectivity index (χ4n) is 2.01. The van der Waals surface area contributed by atoms with Gasteiger partial charge in [-0.15, -0.1) is 0 Å². The summed E-state index contributed by atoms with van der Waals surface area (Å²) in [6.07, 6.45) is 1.05. The summed E-state index contributed by atoms with van der Waals surface area (Å²) in [5, 5.41) is 13.4. The van der Waals surface area contributed by atoms with Crippen LogP contribution in [0.2, 0.25) is 0 Å². The molecule has 0 bridgehead atoms. The van der Waals surface area contributed by atoms with E-state index in [4.69, 9.17) is 4.74 Å². The quantitative estimate of drug-likeness (QED) is 0.670. The van der Waals surface area contributed by atoms with E-state index in [1.807, 2.05) is 0 Å². The zero-order chi connectivity index (χ0) is 17.0. The van der Waals surface area contributed by atoms with Crippen molar-refractivity contribution in [3.63, 3.8) is 0 Å². The summed E-state index contributed by atoms with van der Waals surface area (Å²) in [6.45, 7) is 1.48. The van der Waals surface area contributed by atoms with Crippen molar-refractivity contribution in [2.24, 2.45) is 0 Å². The van der Waals surface area contributed by atoms with Crippen LogP contribution >= 0.6 is 0 Å². The molecular weight excluding hydrogens is 302 g/mol. The number of para-hydroxylation sites is 2. The maximum atomic E-state index is 12.3. The minimum absolute atomic E-state index is 0.262. The number of methoxy groups -OCH3 is 1. The second-order valence-corrected chi connectivity index (χ2v) is 4.76. The van der Waals surface area contributed by atoms with E-state index in [2.05, 4.69) is 5.32 Å². The fraction of sp³-hybridized carbons (Fsp3) is 0.200. The predicted molar refractivity (Wildman–Crippen MR) is 83.7 cm³/mol. The molecule has 1 atom stereocenters. The molecule has 0 radical (unpaired) electrons. The predicted octanol–water partition coefficient (Wildman–Crippen LogP) is 1.96. The normalized spacial score (nSPS) is 11.6. The van der Waals surface area contributed by atoms with Crippen LogP contribution < -0.4 is 15.6 Å². The number of nitro groups is 1. The Balaban J connectivity index is 2.28. The molecule has 0 saturated heterocycles. The third-order valence-electron chi connectivity index (χ3n) is 3.29.